The first-order valence-electron chi connectivity index (χ1n) is 5.54. The Morgan fingerprint density at radius 1 is 1.00 bits per heavy atom. The molecule has 2 aromatic carbocycles. The summed E-state index contributed by atoms with van der Waals surface area (Å²) >= 11 is 3.36. The number of hydrogen-bond acceptors (Lipinski definition) is 2. The monoisotopic (exact) mass is 301 g/mol. The van der Waals surface area contributed by atoms with E-state index in [1.807, 2.05) is 31.2 Å². The molecular weight excluding hydrogens is 290 g/mol. The first-order chi connectivity index (χ1) is 8.58. The molecule has 2 rings (SSSR count). The predicted molar refractivity (Wildman–Crippen MR) is 74.8 cm³/mol. The fourth-order valence-corrected chi connectivity index (χ4v) is 2.07. The van der Waals surface area contributed by atoms with E-state index in [9.17, 15) is 0 Å². The lowest BCUT2D eigenvalue weighted by molar-refractivity contribution is 0.481. The highest BCUT2D eigenvalue weighted by Crippen LogP contribution is 2.27. The minimum atomic E-state index is 0.572. The number of nitrogens with zero attached hydrogens (tertiary/aromatic N) is 1. The average Bonchev–Trinajstić information content (AvgIpc) is 2.33. The maximum atomic E-state index is 8.91. The molecule has 0 aromatic heterocycles. The molecule has 0 amide bonds. The second kappa shape index (κ2) is 5.24. The largest absolute Gasteiger partial charge is 0.457 e. The quantitative estimate of drug-likeness (QED) is 0.803. The van der Waals surface area contributed by atoms with Crippen LogP contribution in [0.3, 0.4) is 0 Å². The van der Waals surface area contributed by atoms with Crippen molar-refractivity contribution in [1.82, 2.24) is 0 Å². The van der Waals surface area contributed by atoms with E-state index in [1.54, 1.807) is 12.1 Å². The number of benzene rings is 2. The highest BCUT2D eigenvalue weighted by Gasteiger charge is 2.03. The first-order valence-corrected chi connectivity index (χ1v) is 6.33. The van der Waals surface area contributed by atoms with Crippen LogP contribution >= 0.6 is 15.9 Å². The minimum Gasteiger partial charge on any atom is -0.457 e. The molecule has 0 atom stereocenters. The third-order valence-corrected chi connectivity index (χ3v) is 3.17. The Balaban J connectivity index is 2.31. The van der Waals surface area contributed by atoms with Crippen molar-refractivity contribution >= 4 is 15.9 Å². The topological polar surface area (TPSA) is 33.0 Å². The Morgan fingerprint density at radius 3 is 2.44 bits per heavy atom. The van der Waals surface area contributed by atoms with Crippen LogP contribution in [-0.2, 0) is 0 Å². The maximum Gasteiger partial charge on any atom is 0.129 e. The van der Waals surface area contributed by atoms with E-state index in [2.05, 4.69) is 28.9 Å². The summed E-state index contributed by atoms with van der Waals surface area (Å²) in [5, 5.41) is 8.91. The number of halogens is 1. The van der Waals surface area contributed by atoms with E-state index in [4.69, 9.17) is 10.00 Å². The molecule has 0 aliphatic heterocycles. The summed E-state index contributed by atoms with van der Waals surface area (Å²) in [6.45, 7) is 4.11. The molecule has 0 radical (unpaired) electrons. The van der Waals surface area contributed by atoms with Crippen LogP contribution in [0.15, 0.2) is 40.9 Å². The van der Waals surface area contributed by atoms with Crippen LogP contribution < -0.4 is 4.74 Å². The lowest BCUT2D eigenvalue weighted by Gasteiger charge is -2.08. The van der Waals surface area contributed by atoms with Crippen LogP contribution in [-0.4, -0.2) is 0 Å². The van der Waals surface area contributed by atoms with Crippen LogP contribution in [0.1, 0.15) is 16.7 Å². The summed E-state index contributed by atoms with van der Waals surface area (Å²) in [5.41, 5.74) is 2.99. The van der Waals surface area contributed by atoms with Gasteiger partial charge in [-0.05, 0) is 55.3 Å². The zero-order valence-electron chi connectivity index (χ0n) is 10.2. The van der Waals surface area contributed by atoms with Gasteiger partial charge in [0.25, 0.3) is 0 Å². The minimum absolute atomic E-state index is 0.572. The van der Waals surface area contributed by atoms with E-state index in [-0.39, 0.29) is 0 Å². The number of ether oxygens (including phenoxy) is 1. The van der Waals surface area contributed by atoms with Crippen LogP contribution in [0.5, 0.6) is 11.5 Å². The first kappa shape index (κ1) is 12.7. The Bertz CT molecular complexity index is 629. The molecule has 2 aromatic rings. The second-order valence-corrected chi connectivity index (χ2v) is 5.05. The molecule has 0 aliphatic carbocycles. The van der Waals surface area contributed by atoms with Gasteiger partial charge in [0.05, 0.1) is 11.6 Å². The summed E-state index contributed by atoms with van der Waals surface area (Å²) < 4.78 is 6.59. The molecule has 0 unspecified atom stereocenters. The SMILES string of the molecule is Cc1ccc(Oc2cc(Br)cc(C#N)c2)cc1C. The van der Waals surface area contributed by atoms with Gasteiger partial charge in [0.2, 0.25) is 0 Å². The molecule has 0 spiro atoms. The van der Waals surface area contributed by atoms with Crippen LogP contribution in [0.4, 0.5) is 0 Å². The van der Waals surface area contributed by atoms with Crippen molar-refractivity contribution in [2.45, 2.75) is 13.8 Å². The molecule has 2 nitrogen and oxygen atoms in total. The van der Waals surface area contributed by atoms with Gasteiger partial charge < -0.3 is 4.74 Å². The summed E-state index contributed by atoms with van der Waals surface area (Å²) in [6.07, 6.45) is 0. The Kier molecular flexibility index (Phi) is 3.69. The molecule has 3 heteroatoms. The van der Waals surface area contributed by atoms with Crippen molar-refractivity contribution in [2.75, 3.05) is 0 Å². The van der Waals surface area contributed by atoms with Gasteiger partial charge in [-0.1, -0.05) is 22.0 Å². The molecule has 90 valence electrons. The van der Waals surface area contributed by atoms with Gasteiger partial charge >= 0.3 is 0 Å². The van der Waals surface area contributed by atoms with Crippen molar-refractivity contribution < 1.29 is 4.74 Å². The molecule has 0 saturated carbocycles. The molecule has 18 heavy (non-hydrogen) atoms. The van der Waals surface area contributed by atoms with Gasteiger partial charge in [0.15, 0.2) is 0 Å². The molecule has 0 heterocycles. The van der Waals surface area contributed by atoms with Gasteiger partial charge in [-0.25, -0.2) is 0 Å². The molecule has 0 saturated heterocycles. The van der Waals surface area contributed by atoms with Gasteiger partial charge in [-0.15, -0.1) is 0 Å². The van der Waals surface area contributed by atoms with E-state index >= 15 is 0 Å². The van der Waals surface area contributed by atoms with Crippen molar-refractivity contribution in [2.24, 2.45) is 0 Å². The van der Waals surface area contributed by atoms with Crippen molar-refractivity contribution in [3.05, 3.63) is 57.6 Å². The van der Waals surface area contributed by atoms with Crippen LogP contribution in [0, 0.1) is 25.2 Å². The Morgan fingerprint density at radius 2 is 1.78 bits per heavy atom. The standard InChI is InChI=1S/C15H12BrNO/c1-10-3-4-14(5-11(10)2)18-15-7-12(9-17)6-13(16)8-15/h3-8H,1-2H3. The fourth-order valence-electron chi connectivity index (χ4n) is 1.60. The zero-order valence-corrected chi connectivity index (χ0v) is 11.8. The normalized spacial score (nSPS) is 9.89. The smallest absolute Gasteiger partial charge is 0.129 e. The molecule has 0 bridgehead atoms. The number of aryl methyl sites for hydroxylation is 2. The number of rotatable bonds is 2. The highest BCUT2D eigenvalue weighted by molar-refractivity contribution is 9.10. The van der Waals surface area contributed by atoms with Gasteiger partial charge in [-0.2, -0.15) is 5.26 Å². The maximum absolute atomic E-state index is 8.91. The summed E-state index contributed by atoms with van der Waals surface area (Å²) in [7, 11) is 0. The zero-order chi connectivity index (χ0) is 13.1. The molecular formula is C15H12BrNO. The van der Waals surface area contributed by atoms with Gasteiger partial charge in [0.1, 0.15) is 11.5 Å². The van der Waals surface area contributed by atoms with Crippen LogP contribution in [0.2, 0.25) is 0 Å². The lowest BCUT2D eigenvalue weighted by atomic mass is 10.1. The summed E-state index contributed by atoms with van der Waals surface area (Å²) in [5.74, 6) is 1.43. The molecule has 0 fully saturated rings. The Hall–Kier alpha value is -1.79. The predicted octanol–water partition coefficient (Wildman–Crippen LogP) is 4.73. The van der Waals surface area contributed by atoms with Crippen LogP contribution in [0.25, 0.3) is 0 Å². The molecule has 0 N–H and O–H groups in total. The average molecular weight is 302 g/mol. The summed E-state index contributed by atoms with van der Waals surface area (Å²) in [4.78, 5) is 0. The van der Waals surface area contributed by atoms with Gasteiger partial charge in [0, 0.05) is 4.47 Å². The third-order valence-electron chi connectivity index (χ3n) is 2.71. The number of nitriles is 1. The van der Waals surface area contributed by atoms with E-state index in [0.717, 1.165) is 10.2 Å². The third kappa shape index (κ3) is 2.91. The summed E-state index contributed by atoms with van der Waals surface area (Å²) in [6, 6.07) is 13.4. The van der Waals surface area contributed by atoms with Gasteiger partial charge in [-0.3, -0.25) is 0 Å². The van der Waals surface area contributed by atoms with Crippen molar-refractivity contribution in [3.63, 3.8) is 0 Å². The van der Waals surface area contributed by atoms with E-state index < -0.39 is 0 Å². The van der Waals surface area contributed by atoms with E-state index in [0.29, 0.717) is 11.3 Å². The fraction of sp³-hybridized carbons (Fsp3) is 0.133. The van der Waals surface area contributed by atoms with Crippen molar-refractivity contribution in [1.29, 1.82) is 5.26 Å². The van der Waals surface area contributed by atoms with Crippen molar-refractivity contribution in [3.8, 4) is 17.6 Å². The number of hydrogen-bond donors (Lipinski definition) is 0. The second-order valence-electron chi connectivity index (χ2n) is 4.14. The Labute approximate surface area is 115 Å². The molecule has 0 aliphatic rings. The van der Waals surface area contributed by atoms with E-state index in [1.165, 1.54) is 11.1 Å². The lowest BCUT2D eigenvalue weighted by Crippen LogP contribution is -1.88. The highest BCUT2D eigenvalue weighted by atomic mass is 79.9.